The summed E-state index contributed by atoms with van der Waals surface area (Å²) in [4.78, 5) is 24.3. The van der Waals surface area contributed by atoms with Gasteiger partial charge in [0.15, 0.2) is 0 Å². The molecule has 0 bridgehead atoms. The Balaban J connectivity index is 1.44. The Morgan fingerprint density at radius 1 is 1.24 bits per heavy atom. The predicted molar refractivity (Wildman–Crippen MR) is 99.6 cm³/mol. The van der Waals surface area contributed by atoms with Gasteiger partial charge in [-0.3, -0.25) is 9.59 Å². The van der Waals surface area contributed by atoms with E-state index >= 15 is 0 Å². The van der Waals surface area contributed by atoms with Crippen molar-refractivity contribution in [2.75, 3.05) is 25.0 Å². The van der Waals surface area contributed by atoms with E-state index in [0.29, 0.717) is 25.3 Å². The number of nitrogens with one attached hydrogen (secondary N) is 3. The Morgan fingerprint density at radius 3 is 2.80 bits per heavy atom. The zero-order chi connectivity index (χ0) is 17.6. The molecule has 0 aliphatic carbocycles. The van der Waals surface area contributed by atoms with Crippen molar-refractivity contribution in [3.63, 3.8) is 0 Å². The zero-order valence-electron chi connectivity index (χ0n) is 15.1. The van der Waals surface area contributed by atoms with Crippen LogP contribution < -0.4 is 16.0 Å². The van der Waals surface area contributed by atoms with E-state index in [1.54, 1.807) is 0 Å². The zero-order valence-corrected chi connectivity index (χ0v) is 15.1. The molecule has 2 aliphatic heterocycles. The van der Waals surface area contributed by atoms with Crippen LogP contribution in [0.4, 0.5) is 5.69 Å². The van der Waals surface area contributed by atoms with Crippen LogP contribution in [0.2, 0.25) is 0 Å². The Bertz CT molecular complexity index is 623. The fourth-order valence-corrected chi connectivity index (χ4v) is 3.83. The van der Waals surface area contributed by atoms with Gasteiger partial charge in [0.05, 0.1) is 5.92 Å². The maximum atomic E-state index is 12.2. The summed E-state index contributed by atoms with van der Waals surface area (Å²) in [5.41, 5.74) is 3.24. The van der Waals surface area contributed by atoms with E-state index in [4.69, 9.17) is 0 Å². The van der Waals surface area contributed by atoms with Crippen molar-refractivity contribution in [3.8, 4) is 0 Å². The number of anilines is 1. The Hall–Kier alpha value is -1.88. The SMILES string of the molecule is CCc1ccc2c(c1)C(CCNC(=O)CCC1CCNCC1)C(=O)N2. The summed E-state index contributed by atoms with van der Waals surface area (Å²) >= 11 is 0. The molecule has 1 saturated heterocycles. The molecule has 5 nitrogen and oxygen atoms in total. The van der Waals surface area contributed by atoms with E-state index in [2.05, 4.69) is 35.0 Å². The van der Waals surface area contributed by atoms with Gasteiger partial charge < -0.3 is 16.0 Å². The second-order valence-electron chi connectivity index (χ2n) is 7.19. The molecule has 2 aliphatic rings. The minimum Gasteiger partial charge on any atom is -0.356 e. The molecule has 136 valence electrons. The highest BCUT2D eigenvalue weighted by Gasteiger charge is 2.30. The first-order valence-corrected chi connectivity index (χ1v) is 9.58. The highest BCUT2D eigenvalue weighted by Crippen LogP contribution is 2.35. The molecule has 1 aromatic rings. The van der Waals surface area contributed by atoms with Crippen LogP contribution >= 0.6 is 0 Å². The Morgan fingerprint density at radius 2 is 2.04 bits per heavy atom. The van der Waals surface area contributed by atoms with Crippen LogP contribution in [0, 0.1) is 5.92 Å². The molecule has 2 amide bonds. The molecule has 0 radical (unpaired) electrons. The van der Waals surface area contributed by atoms with Gasteiger partial charge >= 0.3 is 0 Å². The lowest BCUT2D eigenvalue weighted by molar-refractivity contribution is -0.122. The van der Waals surface area contributed by atoms with Crippen molar-refractivity contribution < 1.29 is 9.59 Å². The van der Waals surface area contributed by atoms with Gasteiger partial charge in [-0.15, -0.1) is 0 Å². The van der Waals surface area contributed by atoms with Crippen LogP contribution in [0.15, 0.2) is 18.2 Å². The Kier molecular flexibility index (Phi) is 6.08. The summed E-state index contributed by atoms with van der Waals surface area (Å²) in [6.45, 7) is 4.81. The van der Waals surface area contributed by atoms with Gasteiger partial charge in [0.1, 0.15) is 0 Å². The van der Waals surface area contributed by atoms with Crippen LogP contribution in [0.5, 0.6) is 0 Å². The first-order chi connectivity index (χ1) is 12.2. The average Bonchev–Trinajstić information content (AvgIpc) is 2.95. The van der Waals surface area contributed by atoms with Crippen molar-refractivity contribution in [2.45, 2.75) is 51.4 Å². The van der Waals surface area contributed by atoms with Gasteiger partial charge in [-0.05, 0) is 68.3 Å². The van der Waals surface area contributed by atoms with Gasteiger partial charge in [-0.1, -0.05) is 19.1 Å². The normalized spacial score (nSPS) is 20.2. The monoisotopic (exact) mass is 343 g/mol. The van der Waals surface area contributed by atoms with Crippen LogP contribution in [0.25, 0.3) is 0 Å². The van der Waals surface area contributed by atoms with Crippen LogP contribution in [-0.4, -0.2) is 31.4 Å². The minimum atomic E-state index is -0.147. The number of hydrogen-bond donors (Lipinski definition) is 3. The molecule has 0 saturated carbocycles. The number of aryl methyl sites for hydroxylation is 1. The number of fused-ring (bicyclic) bond motifs is 1. The third-order valence-electron chi connectivity index (χ3n) is 5.47. The number of hydrogen-bond acceptors (Lipinski definition) is 3. The second-order valence-corrected chi connectivity index (χ2v) is 7.19. The maximum Gasteiger partial charge on any atom is 0.232 e. The fourth-order valence-electron chi connectivity index (χ4n) is 3.83. The van der Waals surface area contributed by atoms with Crippen molar-refractivity contribution in [2.24, 2.45) is 5.92 Å². The minimum absolute atomic E-state index is 0.0483. The number of carbonyl (C=O) groups is 2. The molecule has 1 aromatic carbocycles. The van der Waals surface area contributed by atoms with Gasteiger partial charge in [-0.25, -0.2) is 0 Å². The standard InChI is InChI=1S/C20H29N3O2/c1-2-14-3-5-18-17(13-14)16(20(25)23-18)9-12-22-19(24)6-4-15-7-10-21-11-8-15/h3,5,13,15-16,21H,2,4,6-12H2,1H3,(H,22,24)(H,23,25). The second kappa shape index (κ2) is 8.48. The van der Waals surface area contributed by atoms with Crippen LogP contribution in [-0.2, 0) is 16.0 Å². The molecule has 1 fully saturated rings. The van der Waals surface area contributed by atoms with Crippen molar-refractivity contribution >= 4 is 17.5 Å². The third kappa shape index (κ3) is 4.60. The van der Waals surface area contributed by atoms with E-state index in [0.717, 1.165) is 37.2 Å². The molecule has 1 unspecified atom stereocenters. The molecular weight excluding hydrogens is 314 g/mol. The van der Waals surface area contributed by atoms with E-state index in [1.807, 2.05) is 6.07 Å². The highest BCUT2D eigenvalue weighted by atomic mass is 16.2. The molecule has 0 spiro atoms. The van der Waals surface area contributed by atoms with E-state index in [9.17, 15) is 9.59 Å². The smallest absolute Gasteiger partial charge is 0.232 e. The average molecular weight is 343 g/mol. The number of amides is 2. The number of rotatable bonds is 7. The molecule has 3 rings (SSSR count). The maximum absolute atomic E-state index is 12.2. The summed E-state index contributed by atoms with van der Waals surface area (Å²) in [6.07, 6.45) is 5.53. The quantitative estimate of drug-likeness (QED) is 0.713. The van der Waals surface area contributed by atoms with Gasteiger partial charge in [0, 0.05) is 18.7 Å². The van der Waals surface area contributed by atoms with Gasteiger partial charge in [-0.2, -0.15) is 0 Å². The summed E-state index contributed by atoms with van der Waals surface area (Å²) in [6, 6.07) is 6.17. The molecule has 1 atom stereocenters. The van der Waals surface area contributed by atoms with Crippen molar-refractivity contribution in [1.29, 1.82) is 0 Å². The number of piperidine rings is 1. The first-order valence-electron chi connectivity index (χ1n) is 9.58. The molecule has 0 aromatic heterocycles. The summed E-state index contributed by atoms with van der Waals surface area (Å²) < 4.78 is 0. The topological polar surface area (TPSA) is 70.2 Å². The largest absolute Gasteiger partial charge is 0.356 e. The predicted octanol–water partition coefficient (Wildman–Crippen LogP) is 2.57. The van der Waals surface area contributed by atoms with Gasteiger partial charge in [0.25, 0.3) is 0 Å². The van der Waals surface area contributed by atoms with Crippen LogP contribution in [0.3, 0.4) is 0 Å². The van der Waals surface area contributed by atoms with Crippen molar-refractivity contribution in [1.82, 2.24) is 10.6 Å². The lowest BCUT2D eigenvalue weighted by Crippen LogP contribution is -2.30. The van der Waals surface area contributed by atoms with E-state index in [-0.39, 0.29) is 17.7 Å². The molecule has 2 heterocycles. The van der Waals surface area contributed by atoms with E-state index in [1.165, 1.54) is 18.4 Å². The van der Waals surface area contributed by atoms with Crippen LogP contribution in [0.1, 0.15) is 56.1 Å². The van der Waals surface area contributed by atoms with Gasteiger partial charge in [0.2, 0.25) is 11.8 Å². The Labute approximate surface area is 150 Å². The molecule has 3 N–H and O–H groups in total. The summed E-state index contributed by atoms with van der Waals surface area (Å²) in [5, 5.41) is 9.29. The lowest BCUT2D eigenvalue weighted by Gasteiger charge is -2.22. The molecule has 5 heteroatoms. The number of benzene rings is 1. The van der Waals surface area contributed by atoms with Crippen molar-refractivity contribution in [3.05, 3.63) is 29.3 Å². The first kappa shape index (κ1) is 17.9. The molecule has 25 heavy (non-hydrogen) atoms. The molecular formula is C20H29N3O2. The highest BCUT2D eigenvalue weighted by molar-refractivity contribution is 6.02. The number of carbonyl (C=O) groups excluding carboxylic acids is 2. The van der Waals surface area contributed by atoms with E-state index < -0.39 is 0 Å². The fraction of sp³-hybridized carbons (Fsp3) is 0.600. The summed E-state index contributed by atoms with van der Waals surface area (Å²) in [7, 11) is 0. The lowest BCUT2D eigenvalue weighted by atomic mass is 9.93. The third-order valence-corrected chi connectivity index (χ3v) is 5.47. The summed E-state index contributed by atoms with van der Waals surface area (Å²) in [5.74, 6) is 0.685.